The van der Waals surface area contributed by atoms with Gasteiger partial charge in [0.05, 0.1) is 4.92 Å². The first-order valence-corrected chi connectivity index (χ1v) is 4.93. The molecule has 15 heavy (non-hydrogen) atoms. The van der Waals surface area contributed by atoms with Gasteiger partial charge in [0.25, 0.3) is 0 Å². The van der Waals surface area contributed by atoms with Gasteiger partial charge in [-0.05, 0) is 24.7 Å². The Morgan fingerprint density at radius 1 is 1.40 bits per heavy atom. The van der Waals surface area contributed by atoms with Gasteiger partial charge in [0.1, 0.15) is 5.82 Å². The molecule has 0 radical (unpaired) electrons. The van der Waals surface area contributed by atoms with Crippen LogP contribution in [0.2, 0.25) is 0 Å². The minimum atomic E-state index is -1.08. The molecule has 1 aromatic rings. The Balaban J connectivity index is 3.12. The van der Waals surface area contributed by atoms with Crippen molar-refractivity contribution in [3.8, 4) is 0 Å². The topological polar surface area (TPSA) is 43.1 Å². The van der Waals surface area contributed by atoms with Gasteiger partial charge < -0.3 is 0 Å². The van der Waals surface area contributed by atoms with E-state index in [1.807, 2.05) is 0 Å². The normalized spacial score (nSPS) is 10.3. The van der Waals surface area contributed by atoms with Gasteiger partial charge in [0, 0.05) is 11.6 Å². The Morgan fingerprint density at radius 2 is 2.07 bits per heavy atom. The molecule has 0 saturated heterocycles. The lowest BCUT2D eigenvalue weighted by molar-refractivity contribution is -0.387. The van der Waals surface area contributed by atoms with E-state index in [1.165, 1.54) is 0 Å². The summed E-state index contributed by atoms with van der Waals surface area (Å²) >= 11 is 3.91. The first kappa shape index (κ1) is 11.9. The molecule has 82 valence electrons. The largest absolute Gasteiger partial charge is 0.305 e. The van der Waals surface area contributed by atoms with Crippen LogP contribution in [0.4, 0.5) is 14.5 Å². The van der Waals surface area contributed by atoms with Crippen LogP contribution in [-0.2, 0) is 6.42 Å². The Kier molecular flexibility index (Phi) is 4.02. The zero-order chi connectivity index (χ0) is 11.4. The van der Waals surface area contributed by atoms with Crippen molar-refractivity contribution >= 4 is 18.3 Å². The fourth-order valence-corrected chi connectivity index (χ4v) is 1.37. The monoisotopic (exact) mass is 233 g/mol. The van der Waals surface area contributed by atoms with E-state index in [9.17, 15) is 18.9 Å². The van der Waals surface area contributed by atoms with E-state index in [0.29, 0.717) is 12.2 Å². The maximum Gasteiger partial charge on any atom is 0.305 e. The molecule has 0 spiro atoms. The molecule has 6 heteroatoms. The zero-order valence-electron chi connectivity index (χ0n) is 7.74. The molecule has 0 aromatic heterocycles. The molecule has 1 rings (SSSR count). The van der Waals surface area contributed by atoms with Gasteiger partial charge in [-0.1, -0.05) is 0 Å². The maximum absolute atomic E-state index is 13.4. The number of hydrogen-bond acceptors (Lipinski definition) is 3. The summed E-state index contributed by atoms with van der Waals surface area (Å²) in [6, 6.07) is 1.74. The van der Waals surface area contributed by atoms with Crippen LogP contribution >= 0.6 is 12.6 Å². The van der Waals surface area contributed by atoms with Crippen LogP contribution in [0.1, 0.15) is 12.0 Å². The second kappa shape index (κ2) is 5.06. The molecular formula is C9H9F2NO2S. The van der Waals surface area contributed by atoms with Gasteiger partial charge in [-0.25, -0.2) is 4.39 Å². The number of halogens is 2. The Hall–Kier alpha value is -1.17. The van der Waals surface area contributed by atoms with Crippen molar-refractivity contribution in [1.29, 1.82) is 0 Å². The Morgan fingerprint density at radius 3 is 2.60 bits per heavy atom. The van der Waals surface area contributed by atoms with Crippen molar-refractivity contribution in [3.63, 3.8) is 0 Å². The summed E-state index contributed by atoms with van der Waals surface area (Å²) in [4.78, 5) is 9.52. The van der Waals surface area contributed by atoms with Crippen LogP contribution in [0.25, 0.3) is 0 Å². The fraction of sp³-hybridized carbons (Fsp3) is 0.333. The number of rotatable bonds is 4. The van der Waals surface area contributed by atoms with Gasteiger partial charge >= 0.3 is 5.69 Å². The molecule has 0 aliphatic rings. The van der Waals surface area contributed by atoms with Gasteiger partial charge in [-0.3, -0.25) is 10.1 Å². The average molecular weight is 233 g/mol. The molecule has 0 amide bonds. The lowest BCUT2D eigenvalue weighted by atomic mass is 10.1. The molecule has 3 nitrogen and oxygen atoms in total. The molecule has 0 N–H and O–H groups in total. The van der Waals surface area contributed by atoms with Crippen molar-refractivity contribution < 1.29 is 13.7 Å². The molecule has 0 saturated carbocycles. The van der Waals surface area contributed by atoms with E-state index in [-0.39, 0.29) is 12.0 Å². The standard InChI is InChI=1S/C9H9F2NO2S/c10-7-3-4-8(12(13)14)9(11)6(7)2-1-5-15/h3-4,15H,1-2,5H2. The van der Waals surface area contributed by atoms with E-state index in [4.69, 9.17) is 0 Å². The summed E-state index contributed by atoms with van der Waals surface area (Å²) in [6.07, 6.45) is 0.584. The summed E-state index contributed by atoms with van der Waals surface area (Å²) in [5.41, 5.74) is -0.927. The molecule has 0 aliphatic carbocycles. The summed E-state index contributed by atoms with van der Waals surface area (Å²) in [7, 11) is 0. The van der Waals surface area contributed by atoms with Crippen LogP contribution in [0.5, 0.6) is 0 Å². The van der Waals surface area contributed by atoms with Crippen LogP contribution in [0.3, 0.4) is 0 Å². The van der Waals surface area contributed by atoms with E-state index >= 15 is 0 Å². The van der Waals surface area contributed by atoms with Crippen molar-refractivity contribution in [1.82, 2.24) is 0 Å². The van der Waals surface area contributed by atoms with E-state index in [0.717, 1.165) is 12.1 Å². The summed E-state index contributed by atoms with van der Waals surface area (Å²) in [5.74, 6) is -1.36. The Bertz CT molecular complexity index is 385. The zero-order valence-corrected chi connectivity index (χ0v) is 8.64. The number of nitrogens with zero attached hydrogens (tertiary/aromatic N) is 1. The molecule has 0 atom stereocenters. The number of nitro groups is 1. The van der Waals surface area contributed by atoms with Crippen LogP contribution in [0.15, 0.2) is 12.1 Å². The van der Waals surface area contributed by atoms with Gasteiger partial charge in [-0.2, -0.15) is 17.0 Å². The van der Waals surface area contributed by atoms with Crippen molar-refractivity contribution in [3.05, 3.63) is 39.4 Å². The van der Waals surface area contributed by atoms with Crippen molar-refractivity contribution in [2.24, 2.45) is 0 Å². The molecule has 0 aliphatic heterocycles. The van der Waals surface area contributed by atoms with Gasteiger partial charge in [0.2, 0.25) is 5.82 Å². The van der Waals surface area contributed by atoms with E-state index < -0.39 is 22.2 Å². The SMILES string of the molecule is O=[N+]([O-])c1ccc(F)c(CCCS)c1F. The predicted molar refractivity (Wildman–Crippen MR) is 55.2 cm³/mol. The second-order valence-corrected chi connectivity index (χ2v) is 3.39. The minimum Gasteiger partial charge on any atom is -0.258 e. The van der Waals surface area contributed by atoms with E-state index in [2.05, 4.69) is 12.6 Å². The number of hydrogen-bond donors (Lipinski definition) is 1. The third-order valence-corrected chi connectivity index (χ3v) is 2.26. The fourth-order valence-electron chi connectivity index (χ4n) is 1.21. The first-order chi connectivity index (χ1) is 7.07. The number of benzene rings is 1. The first-order valence-electron chi connectivity index (χ1n) is 4.30. The van der Waals surface area contributed by atoms with Crippen molar-refractivity contribution in [2.75, 3.05) is 5.75 Å². The highest BCUT2D eigenvalue weighted by molar-refractivity contribution is 7.80. The molecule has 0 heterocycles. The summed E-state index contributed by atoms with van der Waals surface area (Å²) < 4.78 is 26.5. The summed E-state index contributed by atoms with van der Waals surface area (Å²) in [5, 5.41) is 10.4. The highest BCUT2D eigenvalue weighted by Crippen LogP contribution is 2.24. The molecule has 0 bridgehead atoms. The molecular weight excluding hydrogens is 224 g/mol. The minimum absolute atomic E-state index is 0.114. The highest BCUT2D eigenvalue weighted by atomic mass is 32.1. The summed E-state index contributed by atoms with van der Waals surface area (Å²) in [6.45, 7) is 0. The van der Waals surface area contributed by atoms with Crippen LogP contribution in [-0.4, -0.2) is 10.7 Å². The number of thiol groups is 1. The molecule has 1 aromatic carbocycles. The molecule has 0 unspecified atom stereocenters. The quantitative estimate of drug-likeness (QED) is 0.493. The Labute approximate surface area is 90.7 Å². The van der Waals surface area contributed by atoms with Gasteiger partial charge in [-0.15, -0.1) is 0 Å². The van der Waals surface area contributed by atoms with Gasteiger partial charge in [0.15, 0.2) is 0 Å². The van der Waals surface area contributed by atoms with Crippen LogP contribution in [0, 0.1) is 21.7 Å². The third-order valence-electron chi connectivity index (χ3n) is 1.95. The highest BCUT2D eigenvalue weighted by Gasteiger charge is 2.20. The molecule has 0 fully saturated rings. The van der Waals surface area contributed by atoms with Crippen molar-refractivity contribution in [2.45, 2.75) is 12.8 Å². The predicted octanol–water partition coefficient (Wildman–Crippen LogP) is 2.74. The average Bonchev–Trinajstić information content (AvgIpc) is 2.17. The van der Waals surface area contributed by atoms with Crippen LogP contribution < -0.4 is 0 Å². The lowest BCUT2D eigenvalue weighted by Crippen LogP contribution is -2.01. The number of nitro benzene ring substituents is 1. The maximum atomic E-state index is 13.4. The third kappa shape index (κ3) is 2.65. The van der Waals surface area contributed by atoms with E-state index in [1.54, 1.807) is 0 Å². The lowest BCUT2D eigenvalue weighted by Gasteiger charge is -2.03. The second-order valence-electron chi connectivity index (χ2n) is 2.94. The smallest absolute Gasteiger partial charge is 0.258 e.